The van der Waals surface area contributed by atoms with Crippen molar-refractivity contribution >= 4 is 0 Å². The minimum atomic E-state index is -0.788. The lowest BCUT2D eigenvalue weighted by molar-refractivity contribution is 0.352. The fourth-order valence-corrected chi connectivity index (χ4v) is 3.75. The van der Waals surface area contributed by atoms with Crippen molar-refractivity contribution in [1.29, 1.82) is 0 Å². The Bertz CT molecular complexity index is 742. The van der Waals surface area contributed by atoms with E-state index in [9.17, 15) is 19.0 Å². The van der Waals surface area contributed by atoms with Crippen LogP contribution in [0.4, 0.5) is 8.78 Å². The number of aromatic hydroxyl groups is 2. The van der Waals surface area contributed by atoms with Gasteiger partial charge < -0.3 is 10.2 Å². The number of fused-ring (bicyclic) bond motifs is 1. The Kier molecular flexibility index (Phi) is 4.00. The third kappa shape index (κ3) is 2.78. The van der Waals surface area contributed by atoms with E-state index in [0.717, 1.165) is 42.5 Å². The molecule has 0 spiro atoms. The normalized spacial score (nSPS) is 20.8. The average Bonchev–Trinajstić information content (AvgIpc) is 2.70. The molecular formula is C19H20F2O2. The molecule has 0 aromatic heterocycles. The Morgan fingerprint density at radius 1 is 1.04 bits per heavy atom. The lowest BCUT2D eigenvalue weighted by atomic mass is 9.71. The zero-order valence-corrected chi connectivity index (χ0v) is 13.1. The molecule has 1 aliphatic rings. The van der Waals surface area contributed by atoms with Gasteiger partial charge in [-0.3, -0.25) is 0 Å². The highest BCUT2D eigenvalue weighted by Gasteiger charge is 2.36. The summed E-state index contributed by atoms with van der Waals surface area (Å²) in [5.41, 5.74) is 1.96. The molecule has 0 heterocycles. The van der Waals surface area contributed by atoms with Gasteiger partial charge in [0.1, 0.15) is 11.6 Å². The van der Waals surface area contributed by atoms with Gasteiger partial charge in [0.05, 0.1) is 0 Å². The third-order valence-electron chi connectivity index (χ3n) is 5.10. The van der Waals surface area contributed by atoms with E-state index in [1.54, 1.807) is 12.1 Å². The van der Waals surface area contributed by atoms with E-state index in [2.05, 4.69) is 0 Å². The first-order valence-electron chi connectivity index (χ1n) is 7.94. The van der Waals surface area contributed by atoms with Crippen molar-refractivity contribution in [3.63, 3.8) is 0 Å². The van der Waals surface area contributed by atoms with Gasteiger partial charge in [0, 0.05) is 11.5 Å². The van der Waals surface area contributed by atoms with Gasteiger partial charge in [0.25, 0.3) is 0 Å². The summed E-state index contributed by atoms with van der Waals surface area (Å²) in [6, 6.07) is 7.27. The van der Waals surface area contributed by atoms with Gasteiger partial charge in [0.2, 0.25) is 0 Å². The molecule has 0 saturated heterocycles. The fraction of sp³-hybridized carbons (Fsp3) is 0.368. The molecule has 0 aliphatic heterocycles. The van der Waals surface area contributed by atoms with Gasteiger partial charge in [-0.05, 0) is 67.0 Å². The summed E-state index contributed by atoms with van der Waals surface area (Å²) in [5.74, 6) is -1.77. The smallest absolute Gasteiger partial charge is 0.165 e. The topological polar surface area (TPSA) is 40.5 Å². The van der Waals surface area contributed by atoms with Gasteiger partial charge >= 0.3 is 0 Å². The zero-order valence-electron chi connectivity index (χ0n) is 13.1. The van der Waals surface area contributed by atoms with E-state index in [1.807, 2.05) is 13.0 Å². The molecule has 0 bridgehead atoms. The number of halogens is 2. The molecule has 0 radical (unpaired) electrons. The molecule has 2 nitrogen and oxygen atoms in total. The lowest BCUT2D eigenvalue weighted by Crippen LogP contribution is -2.29. The number of aryl methyl sites for hydroxylation is 1. The highest BCUT2D eigenvalue weighted by molar-refractivity contribution is 5.41. The van der Waals surface area contributed by atoms with E-state index in [1.165, 1.54) is 0 Å². The molecule has 3 rings (SSSR count). The summed E-state index contributed by atoms with van der Waals surface area (Å²) in [6.45, 7) is 1.98. The second-order valence-electron chi connectivity index (χ2n) is 6.40. The van der Waals surface area contributed by atoms with E-state index in [-0.39, 0.29) is 5.75 Å². The van der Waals surface area contributed by atoms with Crippen LogP contribution in [-0.4, -0.2) is 10.2 Å². The predicted octanol–water partition coefficient (Wildman–Crippen LogP) is 4.60. The number of hydrogen-bond donors (Lipinski definition) is 2. The summed E-state index contributed by atoms with van der Waals surface area (Å²) >= 11 is 0. The van der Waals surface area contributed by atoms with Crippen LogP contribution in [-0.2, 0) is 18.3 Å². The average molecular weight is 318 g/mol. The first-order valence-corrected chi connectivity index (χ1v) is 7.94. The van der Waals surface area contributed by atoms with Crippen molar-refractivity contribution in [3.05, 3.63) is 58.7 Å². The van der Waals surface area contributed by atoms with Crippen LogP contribution >= 0.6 is 0 Å². The second-order valence-corrected chi connectivity index (χ2v) is 6.40. The Labute approximate surface area is 134 Å². The quantitative estimate of drug-likeness (QED) is 0.794. The fourth-order valence-electron chi connectivity index (χ4n) is 3.75. The van der Waals surface area contributed by atoms with Crippen molar-refractivity contribution < 1.29 is 19.0 Å². The Balaban J connectivity index is 2.11. The van der Waals surface area contributed by atoms with Crippen LogP contribution in [0.25, 0.3) is 0 Å². The van der Waals surface area contributed by atoms with Crippen molar-refractivity contribution in [1.82, 2.24) is 0 Å². The van der Waals surface area contributed by atoms with Gasteiger partial charge in [-0.1, -0.05) is 13.0 Å². The first-order chi connectivity index (χ1) is 10.9. The summed E-state index contributed by atoms with van der Waals surface area (Å²) in [7, 11) is 0. The van der Waals surface area contributed by atoms with E-state index in [0.29, 0.717) is 18.4 Å². The summed E-state index contributed by atoms with van der Waals surface area (Å²) < 4.78 is 28.3. The summed E-state index contributed by atoms with van der Waals surface area (Å²) in [4.78, 5) is 0. The van der Waals surface area contributed by atoms with Crippen LogP contribution in [0.5, 0.6) is 11.5 Å². The highest BCUT2D eigenvalue weighted by atomic mass is 19.1. The van der Waals surface area contributed by atoms with E-state index < -0.39 is 22.8 Å². The molecule has 1 unspecified atom stereocenters. The Morgan fingerprint density at radius 3 is 2.57 bits per heavy atom. The maximum Gasteiger partial charge on any atom is 0.165 e. The first kappa shape index (κ1) is 15.8. The molecule has 0 saturated carbocycles. The molecule has 1 aliphatic carbocycles. The lowest BCUT2D eigenvalue weighted by Gasteiger charge is -2.33. The van der Waals surface area contributed by atoms with Gasteiger partial charge in [-0.25, -0.2) is 8.78 Å². The minimum Gasteiger partial charge on any atom is -0.508 e. The molecule has 23 heavy (non-hydrogen) atoms. The van der Waals surface area contributed by atoms with Crippen molar-refractivity contribution in [2.24, 2.45) is 0 Å². The summed E-state index contributed by atoms with van der Waals surface area (Å²) in [5, 5.41) is 19.0. The molecule has 1 atom stereocenters. The monoisotopic (exact) mass is 318 g/mol. The molecule has 0 fully saturated rings. The number of phenols is 2. The molecule has 122 valence electrons. The van der Waals surface area contributed by atoms with Crippen LogP contribution in [0.1, 0.15) is 42.9 Å². The number of benzene rings is 2. The van der Waals surface area contributed by atoms with Gasteiger partial charge in [-0.15, -0.1) is 0 Å². The Morgan fingerprint density at radius 2 is 1.83 bits per heavy atom. The molecule has 2 aromatic rings. The number of phenolic OH excluding ortho intramolecular Hbond substituents is 2. The summed E-state index contributed by atoms with van der Waals surface area (Å²) in [6.07, 6.45) is 3.66. The Hall–Kier alpha value is -2.10. The van der Waals surface area contributed by atoms with E-state index in [4.69, 9.17) is 0 Å². The van der Waals surface area contributed by atoms with E-state index >= 15 is 0 Å². The van der Waals surface area contributed by atoms with Crippen LogP contribution in [0.3, 0.4) is 0 Å². The minimum absolute atomic E-state index is 0.231. The van der Waals surface area contributed by atoms with Crippen molar-refractivity contribution in [2.75, 3.05) is 0 Å². The van der Waals surface area contributed by atoms with Crippen molar-refractivity contribution in [2.45, 2.75) is 44.4 Å². The molecule has 0 amide bonds. The number of rotatable bonds is 2. The third-order valence-corrected chi connectivity index (χ3v) is 5.10. The molecular weight excluding hydrogens is 298 g/mol. The van der Waals surface area contributed by atoms with Gasteiger partial charge in [-0.2, -0.15) is 0 Å². The van der Waals surface area contributed by atoms with Crippen LogP contribution in [0, 0.1) is 11.6 Å². The highest BCUT2D eigenvalue weighted by Crippen LogP contribution is 2.42. The largest absolute Gasteiger partial charge is 0.508 e. The maximum atomic E-state index is 14.5. The second kappa shape index (κ2) is 5.84. The molecule has 2 N–H and O–H groups in total. The molecule has 4 heteroatoms. The maximum absolute atomic E-state index is 14.5. The van der Waals surface area contributed by atoms with Crippen LogP contribution in [0.2, 0.25) is 0 Å². The zero-order chi connectivity index (χ0) is 16.6. The molecule has 2 aromatic carbocycles. The predicted molar refractivity (Wildman–Crippen MR) is 84.7 cm³/mol. The number of hydrogen-bond acceptors (Lipinski definition) is 2. The van der Waals surface area contributed by atoms with Crippen LogP contribution < -0.4 is 0 Å². The standard InChI is InChI=1S/C19H20F2O2/c1-2-19(15-9-17(21)18(23)10-16(15)20)7-3-4-12-8-14(22)6-5-13(12)11-19/h5-6,8-10,22-23H,2-4,7,11H2,1H3. The van der Waals surface area contributed by atoms with Crippen molar-refractivity contribution in [3.8, 4) is 11.5 Å². The SMILES string of the molecule is CCC1(c2cc(F)c(O)cc2F)CCCc2cc(O)ccc2C1. The van der Waals surface area contributed by atoms with Crippen LogP contribution in [0.15, 0.2) is 30.3 Å². The van der Waals surface area contributed by atoms with Gasteiger partial charge in [0.15, 0.2) is 11.6 Å².